The summed E-state index contributed by atoms with van der Waals surface area (Å²) in [5, 5.41) is 14.5. The topological polar surface area (TPSA) is 138 Å². The Labute approximate surface area is 293 Å². The highest BCUT2D eigenvalue weighted by atomic mass is 35.5. The van der Waals surface area contributed by atoms with Crippen molar-refractivity contribution in [1.82, 2.24) is 4.98 Å². The van der Waals surface area contributed by atoms with E-state index in [4.69, 9.17) is 21.1 Å². The number of aromatic nitrogens is 1. The van der Waals surface area contributed by atoms with Crippen molar-refractivity contribution in [3.05, 3.63) is 82.1 Å². The fourth-order valence-electron chi connectivity index (χ4n) is 8.63. The number of pyridine rings is 1. The molecule has 0 unspecified atom stereocenters. The van der Waals surface area contributed by atoms with Crippen LogP contribution in [0.5, 0.6) is 11.5 Å². The van der Waals surface area contributed by atoms with Gasteiger partial charge in [0, 0.05) is 28.2 Å². The molecule has 3 aliphatic rings. The minimum absolute atomic E-state index is 0.206. The van der Waals surface area contributed by atoms with Crippen LogP contribution in [-0.4, -0.2) is 50.8 Å². The molecule has 1 spiro atoms. The molecule has 3 aliphatic carbocycles. The largest absolute Gasteiger partial charge is 0.494 e. The number of carboxylic acids is 1. The molecule has 1 saturated carbocycles. The van der Waals surface area contributed by atoms with Gasteiger partial charge < -0.3 is 29.7 Å². The molecule has 3 atom stereocenters. The highest BCUT2D eigenvalue weighted by Crippen LogP contribution is 2.57. The second kappa shape index (κ2) is 14.6. The molecule has 1 heterocycles. The third kappa shape index (κ3) is 7.96. The van der Waals surface area contributed by atoms with E-state index in [0.717, 1.165) is 43.5 Å². The van der Waals surface area contributed by atoms with Crippen LogP contribution in [-0.2, 0) is 27.6 Å². The van der Waals surface area contributed by atoms with Crippen LogP contribution < -0.4 is 14.8 Å². The van der Waals surface area contributed by atoms with Gasteiger partial charge in [-0.15, -0.1) is 0 Å². The fraction of sp³-hybridized carbons (Fsp3) is 0.526. The van der Waals surface area contributed by atoms with Gasteiger partial charge in [0.15, 0.2) is 0 Å². The average Bonchev–Trinajstić information content (AvgIpc) is 3.34. The van der Waals surface area contributed by atoms with Crippen LogP contribution in [0, 0.1) is 11.8 Å². The minimum Gasteiger partial charge on any atom is -0.494 e. The Hall–Kier alpha value is -3.10. The van der Waals surface area contributed by atoms with Crippen molar-refractivity contribution in [1.29, 1.82) is 0 Å². The third-order valence-electron chi connectivity index (χ3n) is 11.1. The van der Waals surface area contributed by atoms with Gasteiger partial charge in [-0.25, -0.2) is 4.79 Å². The lowest BCUT2D eigenvalue weighted by Gasteiger charge is -2.47. The van der Waals surface area contributed by atoms with Gasteiger partial charge in [-0.1, -0.05) is 37.6 Å². The number of carboxylic acid groups (broad SMARTS) is 1. The summed E-state index contributed by atoms with van der Waals surface area (Å²) in [6, 6.07) is 15.4. The predicted octanol–water partition coefficient (Wildman–Crippen LogP) is 8.15. The van der Waals surface area contributed by atoms with Crippen LogP contribution in [0.25, 0.3) is 0 Å². The first-order valence-corrected chi connectivity index (χ1v) is 19.7. The number of fused-ring (bicyclic) bond motifs is 3. The molecule has 2 aromatic carbocycles. The number of ether oxygens (including phenoxy) is 2. The predicted molar refractivity (Wildman–Crippen MR) is 191 cm³/mol. The first kappa shape index (κ1) is 35.7. The molecule has 9 nitrogen and oxygen atoms in total. The molecule has 0 aliphatic heterocycles. The number of carbonyl (C=O) groups is 1. The van der Waals surface area contributed by atoms with E-state index < -0.39 is 19.1 Å². The van der Waals surface area contributed by atoms with Crippen molar-refractivity contribution < 1.29 is 33.7 Å². The second-order valence-electron chi connectivity index (χ2n) is 14.6. The van der Waals surface area contributed by atoms with Gasteiger partial charge in [-0.05, 0) is 135 Å². The minimum atomic E-state index is -4.09. The lowest BCUT2D eigenvalue weighted by atomic mass is 9.59. The van der Waals surface area contributed by atoms with E-state index >= 15 is 0 Å². The van der Waals surface area contributed by atoms with Crippen molar-refractivity contribution in [2.45, 2.75) is 94.9 Å². The molecule has 1 fully saturated rings. The van der Waals surface area contributed by atoms with Gasteiger partial charge in [0.05, 0.1) is 19.4 Å². The summed E-state index contributed by atoms with van der Waals surface area (Å²) in [4.78, 5) is 36.0. The van der Waals surface area contributed by atoms with Crippen LogP contribution in [0.1, 0.15) is 93.5 Å². The molecule has 264 valence electrons. The zero-order chi connectivity index (χ0) is 34.8. The lowest BCUT2D eigenvalue weighted by molar-refractivity contribution is -0.144. The maximum absolute atomic E-state index is 12.9. The zero-order valence-electron chi connectivity index (χ0n) is 28.4. The molecule has 0 amide bonds. The summed E-state index contributed by atoms with van der Waals surface area (Å²) in [5.74, 6) is 1.73. The van der Waals surface area contributed by atoms with Crippen LogP contribution in [0.15, 0.2) is 54.7 Å². The van der Waals surface area contributed by atoms with Crippen LogP contribution in [0.4, 0.5) is 5.69 Å². The molecule has 49 heavy (non-hydrogen) atoms. The van der Waals surface area contributed by atoms with E-state index in [1.807, 2.05) is 30.5 Å². The number of nitrogens with one attached hydrogen (secondary N) is 1. The van der Waals surface area contributed by atoms with Crippen molar-refractivity contribution in [2.75, 3.05) is 24.7 Å². The molecular weight excluding hydrogens is 663 g/mol. The summed E-state index contributed by atoms with van der Waals surface area (Å²) >= 11 is 6.25. The van der Waals surface area contributed by atoms with Crippen molar-refractivity contribution in [3.63, 3.8) is 0 Å². The first-order chi connectivity index (χ1) is 23.4. The number of aryl methyl sites for hydroxylation is 1. The normalized spacial score (nSPS) is 25.3. The van der Waals surface area contributed by atoms with E-state index in [1.165, 1.54) is 16.7 Å². The lowest BCUT2D eigenvalue weighted by Crippen LogP contribution is -2.53. The molecule has 1 aromatic heterocycles. The maximum atomic E-state index is 12.9. The monoisotopic (exact) mass is 710 g/mol. The van der Waals surface area contributed by atoms with Gasteiger partial charge in [0.1, 0.15) is 17.0 Å². The smallest absolute Gasteiger partial charge is 0.329 e. The number of benzene rings is 2. The van der Waals surface area contributed by atoms with Gasteiger partial charge >= 0.3 is 13.6 Å². The molecule has 11 heteroatoms. The molecule has 0 bridgehead atoms. The number of nitrogens with zero attached hydrogens (tertiary/aromatic N) is 1. The van der Waals surface area contributed by atoms with Crippen LogP contribution in [0.3, 0.4) is 0 Å². The highest BCUT2D eigenvalue weighted by molar-refractivity contribution is 7.51. The van der Waals surface area contributed by atoms with E-state index in [0.29, 0.717) is 54.7 Å². The van der Waals surface area contributed by atoms with Gasteiger partial charge in [0.25, 0.3) is 0 Å². The maximum Gasteiger partial charge on any atom is 0.329 e. The standard InChI is InChI=1S/C38H48ClN2O7P/c1-25(24-48-34-12-17-40-33-9-3-6-26(2)35(33)34)20-28-21-27-10-11-31(47-18-5-19-49(44,45)46)23-32(27)37(28)13-15-38(16-14-37,36(42)43)41-30-8-4-7-29(39)22-30/h4,7-8,10-12,17,22-23,25-26,28,41H,3,5-6,9,13-16,18-21,24H2,1-2H3,(H,42,43)(H2,44,45,46)/t25-,26-,28+,37?,38?/m1/s1. The van der Waals surface area contributed by atoms with Crippen molar-refractivity contribution >= 4 is 30.9 Å². The van der Waals surface area contributed by atoms with Gasteiger partial charge in [-0.2, -0.15) is 0 Å². The fourth-order valence-corrected chi connectivity index (χ4v) is 9.36. The number of halogens is 1. The van der Waals surface area contributed by atoms with Gasteiger partial charge in [0.2, 0.25) is 0 Å². The molecule has 3 aromatic rings. The molecular formula is C38H48ClN2O7P. The second-order valence-corrected chi connectivity index (χ2v) is 16.8. The first-order valence-electron chi connectivity index (χ1n) is 17.6. The Morgan fingerprint density at radius 2 is 1.92 bits per heavy atom. The Balaban J connectivity index is 1.22. The highest BCUT2D eigenvalue weighted by Gasteiger charge is 2.54. The number of rotatable bonds is 13. The van der Waals surface area contributed by atoms with Gasteiger partial charge in [-0.3, -0.25) is 9.55 Å². The van der Waals surface area contributed by atoms with E-state index in [2.05, 4.69) is 36.3 Å². The SMILES string of the molecule is C[C@@H](COc1ccnc2c1[C@H](C)CCC2)C[C@H]1Cc2ccc(OCCCP(=O)(O)O)cc2C12CCC(Nc1cccc(Cl)c1)(C(=O)O)CC2. The number of hydrogen-bond acceptors (Lipinski definition) is 6. The Morgan fingerprint density at radius 3 is 2.65 bits per heavy atom. The number of aliphatic carboxylic acids is 1. The quantitative estimate of drug-likeness (QED) is 0.102. The Kier molecular flexibility index (Phi) is 10.7. The molecule has 4 N–H and O–H groups in total. The molecule has 0 saturated heterocycles. The molecule has 0 radical (unpaired) electrons. The summed E-state index contributed by atoms with van der Waals surface area (Å²) in [6.45, 7) is 5.30. The number of anilines is 1. The van der Waals surface area contributed by atoms with E-state index in [1.54, 1.807) is 12.1 Å². The van der Waals surface area contributed by atoms with Crippen LogP contribution in [0.2, 0.25) is 5.02 Å². The average molecular weight is 711 g/mol. The van der Waals surface area contributed by atoms with E-state index in [-0.39, 0.29) is 36.4 Å². The Morgan fingerprint density at radius 1 is 1.12 bits per heavy atom. The summed E-state index contributed by atoms with van der Waals surface area (Å²) in [6.07, 6.45) is 9.28. The van der Waals surface area contributed by atoms with Crippen LogP contribution >= 0.6 is 19.2 Å². The van der Waals surface area contributed by atoms with Crippen molar-refractivity contribution in [2.24, 2.45) is 11.8 Å². The number of hydrogen-bond donors (Lipinski definition) is 4. The summed E-state index contributed by atoms with van der Waals surface area (Å²) in [5.41, 5.74) is 4.20. The molecule has 6 rings (SSSR count). The Bertz CT molecular complexity index is 1700. The third-order valence-corrected chi connectivity index (χ3v) is 12.3. The summed E-state index contributed by atoms with van der Waals surface area (Å²) in [7, 11) is -4.09. The van der Waals surface area contributed by atoms with Crippen molar-refractivity contribution in [3.8, 4) is 11.5 Å². The van der Waals surface area contributed by atoms with E-state index in [9.17, 15) is 24.3 Å². The zero-order valence-corrected chi connectivity index (χ0v) is 30.0. The summed E-state index contributed by atoms with van der Waals surface area (Å²) < 4.78 is 23.9.